The summed E-state index contributed by atoms with van der Waals surface area (Å²) in [5.41, 5.74) is -0.0331. The molecule has 0 atom stereocenters. The third kappa shape index (κ3) is 3.71. The van der Waals surface area contributed by atoms with Gasteiger partial charge in [0.2, 0.25) is 11.8 Å². The van der Waals surface area contributed by atoms with Gasteiger partial charge >= 0.3 is 0 Å². The molecule has 2 amide bonds. The quantitative estimate of drug-likeness (QED) is 0.883. The van der Waals surface area contributed by atoms with E-state index in [9.17, 15) is 14.0 Å². The Balaban J connectivity index is 2.96. The summed E-state index contributed by atoms with van der Waals surface area (Å²) in [4.78, 5) is 22.0. The van der Waals surface area contributed by atoms with Crippen molar-refractivity contribution >= 4 is 34.8 Å². The molecule has 0 aromatic heterocycles. The molecule has 0 spiro atoms. The summed E-state index contributed by atoms with van der Waals surface area (Å²) >= 11 is 5.77. The van der Waals surface area contributed by atoms with Crippen LogP contribution < -0.4 is 10.6 Å². The first-order valence-electron chi connectivity index (χ1n) is 4.87. The molecular weight excluding hydrogens is 261 g/mol. The summed E-state index contributed by atoms with van der Waals surface area (Å²) in [5.74, 6) is -1.80. The van der Waals surface area contributed by atoms with Gasteiger partial charge in [-0.05, 0) is 12.1 Å². The van der Waals surface area contributed by atoms with Gasteiger partial charge in [0, 0.05) is 12.6 Å². The fourth-order valence-corrected chi connectivity index (χ4v) is 1.47. The second-order valence-electron chi connectivity index (χ2n) is 3.38. The van der Waals surface area contributed by atoms with Crippen molar-refractivity contribution < 1.29 is 14.0 Å². The zero-order chi connectivity index (χ0) is 13.7. The highest BCUT2D eigenvalue weighted by atomic mass is 35.5. The van der Waals surface area contributed by atoms with Crippen LogP contribution in [0, 0.1) is 17.1 Å². The van der Waals surface area contributed by atoms with Crippen LogP contribution in [0.2, 0.25) is 5.02 Å². The second-order valence-corrected chi connectivity index (χ2v) is 3.79. The van der Waals surface area contributed by atoms with Crippen LogP contribution in [0.25, 0.3) is 0 Å². The highest BCUT2D eigenvalue weighted by molar-refractivity contribution is 6.34. The number of rotatable bonds is 3. The first kappa shape index (κ1) is 13.9. The highest BCUT2D eigenvalue weighted by Gasteiger charge is 2.12. The van der Waals surface area contributed by atoms with Gasteiger partial charge in [0.25, 0.3) is 0 Å². The third-order valence-corrected chi connectivity index (χ3v) is 2.16. The van der Waals surface area contributed by atoms with Crippen molar-refractivity contribution in [2.45, 2.75) is 13.3 Å². The van der Waals surface area contributed by atoms with Gasteiger partial charge in [-0.1, -0.05) is 11.6 Å². The number of benzene rings is 1. The largest absolute Gasteiger partial charge is 0.325 e. The number of carbonyl (C=O) groups excluding carboxylic acids is 2. The van der Waals surface area contributed by atoms with Gasteiger partial charge in [-0.3, -0.25) is 9.59 Å². The molecule has 1 rings (SSSR count). The van der Waals surface area contributed by atoms with Crippen LogP contribution in [0.5, 0.6) is 0 Å². The Labute approximate surface area is 108 Å². The Morgan fingerprint density at radius 2 is 2.11 bits per heavy atom. The molecule has 0 aliphatic heterocycles. The van der Waals surface area contributed by atoms with Gasteiger partial charge in [-0.15, -0.1) is 0 Å². The zero-order valence-electron chi connectivity index (χ0n) is 9.38. The van der Waals surface area contributed by atoms with Gasteiger partial charge in [0.15, 0.2) is 0 Å². The Kier molecular flexibility index (Phi) is 4.63. The van der Waals surface area contributed by atoms with Crippen molar-refractivity contribution in [1.82, 2.24) is 0 Å². The molecule has 1 aromatic carbocycles. The van der Waals surface area contributed by atoms with Gasteiger partial charge < -0.3 is 10.6 Å². The predicted molar refractivity (Wildman–Crippen MR) is 64.6 cm³/mol. The molecule has 0 unspecified atom stereocenters. The van der Waals surface area contributed by atoms with E-state index < -0.39 is 17.6 Å². The molecule has 0 aliphatic rings. The lowest BCUT2D eigenvalue weighted by Gasteiger charge is -2.09. The van der Waals surface area contributed by atoms with Crippen molar-refractivity contribution in [1.29, 1.82) is 5.26 Å². The van der Waals surface area contributed by atoms with Gasteiger partial charge in [-0.2, -0.15) is 5.26 Å². The SMILES string of the molecule is CC(=O)Nc1c(F)cc(NC(=O)CC#N)cc1Cl. The maximum absolute atomic E-state index is 13.6. The fourth-order valence-electron chi connectivity index (χ4n) is 1.22. The number of carbonyl (C=O) groups is 2. The normalized spacial score (nSPS) is 9.44. The van der Waals surface area contributed by atoms with Crippen LogP contribution in [-0.2, 0) is 9.59 Å². The highest BCUT2D eigenvalue weighted by Crippen LogP contribution is 2.29. The fraction of sp³-hybridized carbons (Fsp3) is 0.182. The summed E-state index contributed by atoms with van der Waals surface area (Å²) in [5, 5.41) is 12.8. The van der Waals surface area contributed by atoms with Crippen LogP contribution in [0.15, 0.2) is 12.1 Å². The topological polar surface area (TPSA) is 82.0 Å². The molecule has 0 radical (unpaired) electrons. The van der Waals surface area contributed by atoms with E-state index in [4.69, 9.17) is 16.9 Å². The number of hydrogen-bond acceptors (Lipinski definition) is 3. The predicted octanol–water partition coefficient (Wildman–Crippen LogP) is 2.29. The minimum Gasteiger partial charge on any atom is -0.325 e. The maximum Gasteiger partial charge on any atom is 0.238 e. The van der Waals surface area contributed by atoms with E-state index in [0.717, 1.165) is 6.07 Å². The molecule has 0 aliphatic carbocycles. The molecule has 7 heteroatoms. The van der Waals surface area contributed by atoms with Crippen molar-refractivity contribution in [2.24, 2.45) is 0 Å². The van der Waals surface area contributed by atoms with Crippen molar-refractivity contribution in [3.8, 4) is 6.07 Å². The summed E-state index contributed by atoms with van der Waals surface area (Å²) in [6.45, 7) is 1.22. The number of halogens is 2. The molecular formula is C11H9ClFN3O2. The van der Waals surface area contributed by atoms with Crippen LogP contribution in [0.3, 0.4) is 0 Å². The molecule has 0 saturated heterocycles. The van der Waals surface area contributed by atoms with E-state index in [0.29, 0.717) is 0 Å². The van der Waals surface area contributed by atoms with E-state index in [1.54, 1.807) is 6.07 Å². The van der Waals surface area contributed by atoms with E-state index in [-0.39, 0.29) is 22.8 Å². The lowest BCUT2D eigenvalue weighted by Crippen LogP contribution is -2.12. The molecule has 2 N–H and O–H groups in total. The molecule has 0 saturated carbocycles. The Morgan fingerprint density at radius 1 is 1.44 bits per heavy atom. The van der Waals surface area contributed by atoms with Crippen molar-refractivity contribution in [3.63, 3.8) is 0 Å². The molecule has 5 nitrogen and oxygen atoms in total. The number of nitriles is 1. The lowest BCUT2D eigenvalue weighted by molar-refractivity contribution is -0.115. The second kappa shape index (κ2) is 5.98. The minimum atomic E-state index is -0.773. The molecule has 0 fully saturated rings. The van der Waals surface area contributed by atoms with Gasteiger partial charge in [0.1, 0.15) is 12.2 Å². The average Bonchev–Trinajstić information content (AvgIpc) is 2.23. The molecule has 0 heterocycles. The summed E-state index contributed by atoms with van der Waals surface area (Å²) in [6.07, 6.45) is -0.341. The van der Waals surface area contributed by atoms with Gasteiger partial charge in [-0.25, -0.2) is 4.39 Å². The number of nitrogens with one attached hydrogen (secondary N) is 2. The Bertz CT molecular complexity index is 517. The molecule has 1 aromatic rings. The first-order chi connectivity index (χ1) is 8.43. The standard InChI is InChI=1S/C11H9ClFN3O2/c1-6(17)15-11-8(12)4-7(5-9(11)13)16-10(18)2-3-14/h4-5H,2H2,1H3,(H,15,17)(H,16,18). The minimum absolute atomic E-state index is 0.0440. The molecule has 18 heavy (non-hydrogen) atoms. The van der Waals surface area contributed by atoms with Crippen LogP contribution >= 0.6 is 11.6 Å². The summed E-state index contributed by atoms with van der Waals surface area (Å²) in [6, 6.07) is 3.95. The Hall–Kier alpha value is -2.13. The van der Waals surface area contributed by atoms with Crippen LogP contribution in [0.1, 0.15) is 13.3 Å². The van der Waals surface area contributed by atoms with Crippen LogP contribution in [-0.4, -0.2) is 11.8 Å². The number of hydrogen-bond donors (Lipinski definition) is 2. The summed E-state index contributed by atoms with van der Waals surface area (Å²) in [7, 11) is 0. The smallest absolute Gasteiger partial charge is 0.238 e. The van der Waals surface area contributed by atoms with E-state index in [2.05, 4.69) is 10.6 Å². The van der Waals surface area contributed by atoms with E-state index in [1.165, 1.54) is 13.0 Å². The maximum atomic E-state index is 13.6. The zero-order valence-corrected chi connectivity index (χ0v) is 10.1. The average molecular weight is 270 g/mol. The van der Waals surface area contributed by atoms with Gasteiger partial charge in [0.05, 0.1) is 16.8 Å². The monoisotopic (exact) mass is 269 g/mol. The van der Waals surface area contributed by atoms with Crippen molar-refractivity contribution in [3.05, 3.63) is 23.0 Å². The number of nitrogens with zero attached hydrogens (tertiary/aromatic N) is 1. The van der Waals surface area contributed by atoms with E-state index >= 15 is 0 Å². The molecule has 0 bridgehead atoms. The molecule has 94 valence electrons. The summed E-state index contributed by atoms with van der Waals surface area (Å²) < 4.78 is 13.6. The van der Waals surface area contributed by atoms with E-state index in [1.807, 2.05) is 0 Å². The van der Waals surface area contributed by atoms with Crippen molar-refractivity contribution in [2.75, 3.05) is 10.6 Å². The first-order valence-corrected chi connectivity index (χ1v) is 5.25. The van der Waals surface area contributed by atoms with Crippen LogP contribution in [0.4, 0.5) is 15.8 Å². The Morgan fingerprint density at radius 3 is 2.61 bits per heavy atom. The number of anilines is 2. The number of amides is 2. The third-order valence-electron chi connectivity index (χ3n) is 1.87. The lowest BCUT2D eigenvalue weighted by atomic mass is 10.2.